The van der Waals surface area contributed by atoms with Crippen LogP contribution >= 0.6 is 27.3 Å². The Labute approximate surface area is 150 Å². The second-order valence-corrected chi connectivity index (χ2v) is 8.26. The Balaban J connectivity index is 1.54. The quantitative estimate of drug-likeness (QED) is 0.452. The normalized spacial score (nSPS) is 19.0. The molecule has 1 aromatic rings. The van der Waals surface area contributed by atoms with Crippen LogP contribution in [0.2, 0.25) is 0 Å². The summed E-state index contributed by atoms with van der Waals surface area (Å²) in [6.07, 6.45) is 2.92. The first-order valence-corrected chi connectivity index (χ1v) is 9.10. The number of hydrogen-bond donors (Lipinski definition) is 1. The predicted octanol–water partition coefficient (Wildman–Crippen LogP) is 2.10. The lowest BCUT2D eigenvalue weighted by Crippen LogP contribution is -2.44. The van der Waals surface area contributed by atoms with Gasteiger partial charge in [-0.05, 0) is 40.9 Å². The lowest BCUT2D eigenvalue weighted by atomic mass is 9.98. The van der Waals surface area contributed by atoms with Gasteiger partial charge in [0.05, 0.1) is 8.66 Å². The van der Waals surface area contributed by atoms with E-state index in [1.165, 1.54) is 11.3 Å². The molecule has 1 aromatic heterocycles. The predicted molar refractivity (Wildman–Crippen MR) is 88.8 cm³/mol. The lowest BCUT2D eigenvalue weighted by Gasteiger charge is -2.19. The average molecular weight is 415 g/mol. The van der Waals surface area contributed by atoms with Crippen LogP contribution in [-0.2, 0) is 14.3 Å². The first-order valence-electron chi connectivity index (χ1n) is 7.49. The molecule has 0 unspecified atom stereocenters. The third-order valence-electron chi connectivity index (χ3n) is 4.20. The maximum Gasteiger partial charge on any atom is 0.326 e. The molecule has 3 rings (SSSR count). The number of halogens is 1. The highest BCUT2D eigenvalue weighted by Gasteiger charge is 2.52. The second kappa shape index (κ2) is 6.64. The molecule has 2 fully saturated rings. The standard InChI is InChI=1S/C15H15BrN2O5S/c16-11-4-3-10(24-11)9(19)8-23-12(20)7-18-13(21)15(17-14(18)22)5-1-2-6-15/h3-4H,1-2,5-8H2,(H,17,22). The van der Waals surface area contributed by atoms with Gasteiger partial charge >= 0.3 is 12.0 Å². The molecule has 0 aromatic carbocycles. The van der Waals surface area contributed by atoms with Crippen molar-refractivity contribution < 1.29 is 23.9 Å². The molecular formula is C15H15BrN2O5S. The Bertz CT molecular complexity index is 710. The molecule has 7 nitrogen and oxygen atoms in total. The number of amides is 3. The number of carbonyl (C=O) groups is 4. The Kier molecular flexibility index (Phi) is 4.73. The fraction of sp³-hybridized carbons (Fsp3) is 0.467. The Morgan fingerprint density at radius 3 is 2.62 bits per heavy atom. The van der Waals surface area contributed by atoms with Gasteiger partial charge in [-0.2, -0.15) is 0 Å². The van der Waals surface area contributed by atoms with E-state index in [2.05, 4.69) is 21.2 Å². The number of carbonyl (C=O) groups excluding carboxylic acids is 4. The van der Waals surface area contributed by atoms with Gasteiger partial charge in [-0.15, -0.1) is 11.3 Å². The van der Waals surface area contributed by atoms with Gasteiger partial charge in [-0.3, -0.25) is 19.3 Å². The van der Waals surface area contributed by atoms with Crippen LogP contribution in [0.1, 0.15) is 35.4 Å². The number of Topliss-reactive ketones (excluding diaryl/α,β-unsaturated/α-hetero) is 1. The van der Waals surface area contributed by atoms with Gasteiger partial charge in [-0.1, -0.05) is 12.8 Å². The smallest absolute Gasteiger partial charge is 0.326 e. The molecule has 24 heavy (non-hydrogen) atoms. The molecule has 1 aliphatic carbocycles. The summed E-state index contributed by atoms with van der Waals surface area (Å²) in [5.74, 6) is -1.49. The van der Waals surface area contributed by atoms with Crippen molar-refractivity contribution in [3.63, 3.8) is 0 Å². The number of imide groups is 1. The summed E-state index contributed by atoms with van der Waals surface area (Å²) in [6.45, 7) is -0.894. The Morgan fingerprint density at radius 2 is 2.00 bits per heavy atom. The molecular weight excluding hydrogens is 400 g/mol. The first-order chi connectivity index (χ1) is 11.4. The number of ether oxygens (including phenoxy) is 1. The Morgan fingerprint density at radius 1 is 1.29 bits per heavy atom. The molecule has 1 aliphatic heterocycles. The third kappa shape index (κ3) is 3.23. The van der Waals surface area contributed by atoms with Crippen molar-refractivity contribution in [1.82, 2.24) is 10.2 Å². The molecule has 2 aliphatic rings. The number of nitrogens with one attached hydrogen (secondary N) is 1. The highest BCUT2D eigenvalue weighted by atomic mass is 79.9. The summed E-state index contributed by atoms with van der Waals surface area (Å²) in [5.41, 5.74) is -0.851. The van der Waals surface area contributed by atoms with Crippen molar-refractivity contribution in [3.05, 3.63) is 20.8 Å². The van der Waals surface area contributed by atoms with Crippen LogP contribution in [0.5, 0.6) is 0 Å². The number of ketones is 1. The zero-order chi connectivity index (χ0) is 17.3. The van der Waals surface area contributed by atoms with Gasteiger partial charge in [0, 0.05) is 0 Å². The van der Waals surface area contributed by atoms with E-state index in [4.69, 9.17) is 4.74 Å². The number of rotatable bonds is 5. The van der Waals surface area contributed by atoms with Gasteiger partial charge in [0.15, 0.2) is 6.61 Å². The number of thiophene rings is 1. The van der Waals surface area contributed by atoms with Crippen molar-refractivity contribution >= 4 is 51.0 Å². The average Bonchev–Trinajstić information content (AvgIpc) is 3.23. The largest absolute Gasteiger partial charge is 0.456 e. The molecule has 2 heterocycles. The summed E-state index contributed by atoms with van der Waals surface area (Å²) in [6, 6.07) is 2.78. The summed E-state index contributed by atoms with van der Waals surface area (Å²) < 4.78 is 5.71. The number of esters is 1. The number of nitrogens with zero attached hydrogens (tertiary/aromatic N) is 1. The molecule has 3 amide bonds. The summed E-state index contributed by atoms with van der Waals surface area (Å²) in [4.78, 5) is 49.5. The molecule has 0 bridgehead atoms. The van der Waals surface area contributed by atoms with Crippen molar-refractivity contribution in [2.45, 2.75) is 31.2 Å². The molecule has 9 heteroatoms. The maximum atomic E-state index is 12.4. The second-order valence-electron chi connectivity index (χ2n) is 5.80. The molecule has 1 spiro atoms. The molecule has 1 saturated carbocycles. The minimum absolute atomic E-state index is 0.330. The monoisotopic (exact) mass is 414 g/mol. The van der Waals surface area contributed by atoms with Crippen LogP contribution in [0.3, 0.4) is 0 Å². The van der Waals surface area contributed by atoms with E-state index in [9.17, 15) is 19.2 Å². The molecule has 1 saturated heterocycles. The summed E-state index contributed by atoms with van der Waals surface area (Å²) >= 11 is 4.49. The van der Waals surface area contributed by atoms with E-state index in [1.807, 2.05) is 0 Å². The molecule has 0 radical (unpaired) electrons. The highest BCUT2D eigenvalue weighted by Crippen LogP contribution is 2.34. The summed E-state index contributed by atoms with van der Waals surface area (Å²) in [7, 11) is 0. The number of urea groups is 1. The maximum absolute atomic E-state index is 12.4. The highest BCUT2D eigenvalue weighted by molar-refractivity contribution is 9.11. The fourth-order valence-electron chi connectivity index (χ4n) is 2.99. The van der Waals surface area contributed by atoms with Gasteiger partial charge in [0.1, 0.15) is 12.1 Å². The van der Waals surface area contributed by atoms with Crippen LogP contribution in [0.15, 0.2) is 15.9 Å². The van der Waals surface area contributed by atoms with E-state index < -0.39 is 30.7 Å². The van der Waals surface area contributed by atoms with Crippen LogP contribution in [-0.4, -0.2) is 47.3 Å². The van der Waals surface area contributed by atoms with Crippen LogP contribution in [0.4, 0.5) is 4.79 Å². The lowest BCUT2D eigenvalue weighted by molar-refractivity contribution is -0.146. The minimum Gasteiger partial charge on any atom is -0.456 e. The van der Waals surface area contributed by atoms with Crippen molar-refractivity contribution in [2.24, 2.45) is 0 Å². The van der Waals surface area contributed by atoms with E-state index in [-0.39, 0.29) is 11.7 Å². The van der Waals surface area contributed by atoms with Gasteiger partial charge in [0.25, 0.3) is 5.91 Å². The van der Waals surface area contributed by atoms with Gasteiger partial charge < -0.3 is 10.1 Å². The Hall–Kier alpha value is -1.74. The topological polar surface area (TPSA) is 92.8 Å². The van der Waals surface area contributed by atoms with E-state index in [1.54, 1.807) is 12.1 Å². The van der Waals surface area contributed by atoms with Crippen LogP contribution < -0.4 is 5.32 Å². The minimum atomic E-state index is -0.851. The SMILES string of the molecule is O=C(CN1C(=O)NC2(CCCC2)C1=O)OCC(=O)c1ccc(Br)s1. The van der Waals surface area contributed by atoms with Crippen molar-refractivity contribution in [3.8, 4) is 0 Å². The molecule has 128 valence electrons. The molecule has 0 atom stereocenters. The van der Waals surface area contributed by atoms with E-state index in [0.717, 1.165) is 21.5 Å². The van der Waals surface area contributed by atoms with Crippen molar-refractivity contribution in [2.75, 3.05) is 13.2 Å². The van der Waals surface area contributed by atoms with Crippen LogP contribution in [0, 0.1) is 0 Å². The summed E-state index contributed by atoms with van der Waals surface area (Å²) in [5, 5.41) is 2.69. The van der Waals surface area contributed by atoms with E-state index >= 15 is 0 Å². The van der Waals surface area contributed by atoms with Gasteiger partial charge in [-0.25, -0.2) is 4.79 Å². The zero-order valence-corrected chi connectivity index (χ0v) is 15.1. The van der Waals surface area contributed by atoms with E-state index in [0.29, 0.717) is 17.7 Å². The zero-order valence-electron chi connectivity index (χ0n) is 12.7. The third-order valence-corrected chi connectivity index (χ3v) is 5.87. The van der Waals surface area contributed by atoms with Crippen LogP contribution in [0.25, 0.3) is 0 Å². The number of hydrogen-bond acceptors (Lipinski definition) is 6. The fourth-order valence-corrected chi connectivity index (χ4v) is 4.30. The van der Waals surface area contributed by atoms with Gasteiger partial charge in [0.2, 0.25) is 5.78 Å². The first kappa shape index (κ1) is 17.1. The van der Waals surface area contributed by atoms with Crippen molar-refractivity contribution in [1.29, 1.82) is 0 Å². The molecule has 1 N–H and O–H groups in total.